The lowest BCUT2D eigenvalue weighted by atomic mass is 9.87. The lowest BCUT2D eigenvalue weighted by Gasteiger charge is -2.37. The van der Waals surface area contributed by atoms with Gasteiger partial charge in [-0.1, -0.05) is 68.2 Å². The van der Waals surface area contributed by atoms with E-state index in [1.165, 1.54) is 5.39 Å². The van der Waals surface area contributed by atoms with Gasteiger partial charge < -0.3 is 33.3 Å². The second-order valence-corrected chi connectivity index (χ2v) is 21.1. The Labute approximate surface area is 314 Å². The predicted molar refractivity (Wildman–Crippen MR) is 207 cm³/mol. The van der Waals surface area contributed by atoms with Crippen LogP contribution in [0.15, 0.2) is 91.0 Å². The predicted octanol–water partition coefficient (Wildman–Crippen LogP) is 9.01. The van der Waals surface area contributed by atoms with Gasteiger partial charge in [-0.25, -0.2) is 9.59 Å². The maximum absolute atomic E-state index is 12.6. The molecule has 1 heterocycles. The Morgan fingerprint density at radius 3 is 2.23 bits per heavy atom. The van der Waals surface area contributed by atoms with Crippen molar-refractivity contribution < 1.29 is 42.8 Å². The van der Waals surface area contributed by atoms with E-state index in [2.05, 4.69) is 50.0 Å². The molecule has 10 nitrogen and oxygen atoms in total. The minimum atomic E-state index is -1.14. The Bertz CT molecular complexity index is 1770. The summed E-state index contributed by atoms with van der Waals surface area (Å²) < 4.78 is 34.4. The van der Waals surface area contributed by atoms with E-state index >= 15 is 0 Å². The van der Waals surface area contributed by atoms with Crippen molar-refractivity contribution in [2.24, 2.45) is 0 Å². The van der Waals surface area contributed by atoms with Gasteiger partial charge in [0, 0.05) is 27.1 Å². The number of nitrogens with zero attached hydrogens (tertiary/aromatic N) is 1. The van der Waals surface area contributed by atoms with Crippen molar-refractivity contribution in [3.05, 3.63) is 108 Å². The van der Waals surface area contributed by atoms with Gasteiger partial charge in [-0.2, -0.15) is 0 Å². The molecular formula is C42H53NO9Si. The molecule has 284 valence electrons. The molecule has 1 fully saturated rings. The molecule has 11 heteroatoms. The van der Waals surface area contributed by atoms with Gasteiger partial charge in [0.1, 0.15) is 30.3 Å². The highest BCUT2D eigenvalue weighted by Crippen LogP contribution is 2.33. The van der Waals surface area contributed by atoms with E-state index < -0.39 is 25.8 Å². The number of fused-ring (bicyclic) bond motifs is 1. The smallest absolute Gasteiger partial charge is 0.490 e. The fourth-order valence-corrected chi connectivity index (χ4v) is 6.61. The van der Waals surface area contributed by atoms with Gasteiger partial charge in [0.25, 0.3) is 0 Å². The normalized spacial score (nSPS) is 16.6. The molecule has 1 aliphatic rings. The van der Waals surface area contributed by atoms with Gasteiger partial charge in [0.15, 0.2) is 6.79 Å². The van der Waals surface area contributed by atoms with E-state index in [0.717, 1.165) is 22.6 Å². The standard InChI is InChI=1S/C42H53NO9Si/c1-42(2,3)51-41(45)52-43-22-21-38(39(28-43)49-29-31-11-12-32-9-7-8-10-35(32)27-31)33-13-17-36(18-14-33)47-23-24-48-40(44)34-15-19-37(20-16-34)50-30-46-25-26-53(4,5)6/h7-20,27,38-39H,21-26,28-30H2,1-6H3. The number of piperidine rings is 1. The molecule has 53 heavy (non-hydrogen) atoms. The summed E-state index contributed by atoms with van der Waals surface area (Å²) in [4.78, 5) is 30.6. The first kappa shape index (κ1) is 39.8. The number of carbonyl (C=O) groups excluding carboxylic acids is 2. The third-order valence-corrected chi connectivity index (χ3v) is 10.4. The number of benzene rings is 4. The largest absolute Gasteiger partial charge is 0.528 e. The van der Waals surface area contributed by atoms with E-state index in [1.807, 2.05) is 36.4 Å². The summed E-state index contributed by atoms with van der Waals surface area (Å²) >= 11 is 0. The fraction of sp³-hybridized carbons (Fsp3) is 0.429. The summed E-state index contributed by atoms with van der Waals surface area (Å²) in [5.41, 5.74) is 1.94. The van der Waals surface area contributed by atoms with E-state index in [9.17, 15) is 9.59 Å². The highest BCUT2D eigenvalue weighted by Gasteiger charge is 2.34. The summed E-state index contributed by atoms with van der Waals surface area (Å²) in [7, 11) is -1.14. The molecule has 0 N–H and O–H groups in total. The molecule has 0 amide bonds. The van der Waals surface area contributed by atoms with Crippen molar-refractivity contribution >= 4 is 31.0 Å². The first-order valence-corrected chi connectivity index (χ1v) is 22.0. The molecule has 0 spiro atoms. The molecule has 4 aromatic rings. The maximum atomic E-state index is 12.6. The first-order valence-electron chi connectivity index (χ1n) is 18.3. The third kappa shape index (κ3) is 13.2. The van der Waals surface area contributed by atoms with Gasteiger partial charge in [-0.05, 0) is 97.6 Å². The number of esters is 1. The topological polar surface area (TPSA) is 102 Å². The highest BCUT2D eigenvalue weighted by atomic mass is 28.3. The zero-order valence-electron chi connectivity index (χ0n) is 31.8. The number of hydroxylamine groups is 2. The monoisotopic (exact) mass is 743 g/mol. The summed E-state index contributed by atoms with van der Waals surface area (Å²) in [5.74, 6) is 0.920. The number of carbonyl (C=O) groups is 2. The average Bonchev–Trinajstić information content (AvgIpc) is 3.11. The first-order chi connectivity index (χ1) is 25.3. The van der Waals surface area contributed by atoms with Crippen LogP contribution in [-0.4, -0.2) is 76.7 Å². The molecule has 0 aromatic heterocycles. The molecule has 4 aromatic carbocycles. The zero-order valence-corrected chi connectivity index (χ0v) is 32.8. The van der Waals surface area contributed by atoms with Crippen LogP contribution in [0.4, 0.5) is 4.79 Å². The van der Waals surface area contributed by atoms with Crippen LogP contribution in [0.1, 0.15) is 54.6 Å². The zero-order chi connectivity index (χ0) is 37.8. The summed E-state index contributed by atoms with van der Waals surface area (Å²) in [6.07, 6.45) is -0.271. The fourth-order valence-electron chi connectivity index (χ4n) is 5.85. The van der Waals surface area contributed by atoms with Gasteiger partial charge in [0.2, 0.25) is 0 Å². The van der Waals surface area contributed by atoms with Crippen LogP contribution in [0.3, 0.4) is 0 Å². The van der Waals surface area contributed by atoms with Crippen molar-refractivity contribution in [1.29, 1.82) is 0 Å². The minimum Gasteiger partial charge on any atom is -0.490 e. The number of hydrogen-bond donors (Lipinski definition) is 0. The van der Waals surface area contributed by atoms with Gasteiger partial charge in [-0.3, -0.25) is 0 Å². The van der Waals surface area contributed by atoms with Crippen LogP contribution in [0.2, 0.25) is 25.7 Å². The summed E-state index contributed by atoms with van der Waals surface area (Å²) in [6, 6.07) is 30.3. The van der Waals surface area contributed by atoms with E-state index in [-0.39, 0.29) is 32.0 Å². The van der Waals surface area contributed by atoms with E-state index in [0.29, 0.717) is 49.8 Å². The molecule has 1 aliphatic heterocycles. The molecule has 1 saturated heterocycles. The lowest BCUT2D eigenvalue weighted by Crippen LogP contribution is -2.45. The number of rotatable bonds is 16. The Kier molecular flexibility index (Phi) is 13.9. The Hall–Kier alpha value is -4.42. The molecule has 0 saturated carbocycles. The maximum Gasteiger partial charge on any atom is 0.528 e. The van der Waals surface area contributed by atoms with Crippen LogP contribution in [0.5, 0.6) is 11.5 Å². The summed E-state index contributed by atoms with van der Waals surface area (Å²) in [6.45, 7) is 14.8. The van der Waals surface area contributed by atoms with Crippen molar-refractivity contribution in [3.8, 4) is 11.5 Å². The Balaban J connectivity index is 1.10. The van der Waals surface area contributed by atoms with Crippen LogP contribution in [0.25, 0.3) is 10.8 Å². The minimum absolute atomic E-state index is 0.0585. The van der Waals surface area contributed by atoms with E-state index in [4.69, 9.17) is 33.3 Å². The SMILES string of the molecule is CC(C)(C)OC(=O)ON1CCC(c2ccc(OCCOC(=O)c3ccc(OCOCC[Si](C)(C)C)cc3)cc2)C(OCc2ccc3ccccc3c2)C1. The molecule has 0 radical (unpaired) electrons. The Morgan fingerprint density at radius 1 is 0.811 bits per heavy atom. The van der Waals surface area contributed by atoms with Crippen molar-refractivity contribution in [2.45, 2.75) is 77.1 Å². The van der Waals surface area contributed by atoms with Crippen LogP contribution >= 0.6 is 0 Å². The molecule has 2 unspecified atom stereocenters. The average molecular weight is 744 g/mol. The second-order valence-electron chi connectivity index (χ2n) is 15.4. The van der Waals surface area contributed by atoms with Crippen molar-refractivity contribution in [3.63, 3.8) is 0 Å². The number of hydrogen-bond acceptors (Lipinski definition) is 10. The molecular weight excluding hydrogens is 691 g/mol. The van der Waals surface area contributed by atoms with Gasteiger partial charge >= 0.3 is 12.1 Å². The van der Waals surface area contributed by atoms with Crippen molar-refractivity contribution in [2.75, 3.05) is 39.7 Å². The quantitative estimate of drug-likeness (QED) is 0.0478. The molecule has 5 rings (SSSR count). The number of ether oxygens (including phenoxy) is 6. The molecule has 2 atom stereocenters. The van der Waals surface area contributed by atoms with Gasteiger partial charge in [0.05, 0.1) is 24.8 Å². The van der Waals surface area contributed by atoms with Crippen molar-refractivity contribution in [1.82, 2.24) is 5.06 Å². The molecule has 0 aliphatic carbocycles. The van der Waals surface area contributed by atoms with Crippen LogP contribution < -0.4 is 9.47 Å². The second kappa shape index (κ2) is 18.6. The Morgan fingerprint density at radius 2 is 1.51 bits per heavy atom. The van der Waals surface area contributed by atoms with Crippen LogP contribution in [0, 0.1) is 0 Å². The lowest BCUT2D eigenvalue weighted by molar-refractivity contribution is -0.179. The van der Waals surface area contributed by atoms with Crippen LogP contribution in [-0.2, 0) is 30.4 Å². The molecule has 0 bridgehead atoms. The van der Waals surface area contributed by atoms with E-state index in [1.54, 1.807) is 50.1 Å². The third-order valence-electron chi connectivity index (χ3n) is 8.68. The highest BCUT2D eigenvalue weighted by molar-refractivity contribution is 6.76. The van der Waals surface area contributed by atoms with Gasteiger partial charge in [-0.15, -0.1) is 5.06 Å². The summed E-state index contributed by atoms with van der Waals surface area (Å²) in [5, 5.41) is 3.96.